The molecular weight excluding hydrogens is 402 g/mol. The molecule has 0 aliphatic rings. The largest absolute Gasteiger partial charge is 0.441 e. The van der Waals surface area contributed by atoms with Crippen LogP contribution in [0.5, 0.6) is 0 Å². The molecule has 27 heavy (non-hydrogen) atoms. The summed E-state index contributed by atoms with van der Waals surface area (Å²) in [4.78, 5) is 21.9. The normalized spacial score (nSPS) is 10.9. The quantitative estimate of drug-likeness (QED) is 0.435. The molecule has 1 amide bonds. The van der Waals surface area contributed by atoms with Crippen LogP contribution in [0.2, 0.25) is 5.02 Å². The molecule has 3 aromatic heterocycles. The first kappa shape index (κ1) is 17.9. The number of anilines is 1. The van der Waals surface area contributed by atoms with Crippen LogP contribution >= 0.6 is 34.3 Å². The van der Waals surface area contributed by atoms with E-state index < -0.39 is 0 Å². The molecule has 0 aliphatic heterocycles. The zero-order valence-corrected chi connectivity index (χ0v) is 16.4. The molecule has 1 N–H and O–H groups in total. The van der Waals surface area contributed by atoms with Crippen LogP contribution in [-0.2, 0) is 11.2 Å². The highest BCUT2D eigenvalue weighted by Gasteiger charge is 2.12. The van der Waals surface area contributed by atoms with Crippen molar-refractivity contribution >= 4 is 45.3 Å². The number of carbonyl (C=O) groups is 1. The number of benzene rings is 1. The van der Waals surface area contributed by atoms with Crippen molar-refractivity contribution < 1.29 is 9.21 Å². The zero-order chi connectivity index (χ0) is 18.6. The molecule has 0 aliphatic carbocycles. The summed E-state index contributed by atoms with van der Waals surface area (Å²) in [7, 11) is 0. The molecule has 0 saturated carbocycles. The van der Waals surface area contributed by atoms with Crippen LogP contribution in [0.25, 0.3) is 21.9 Å². The van der Waals surface area contributed by atoms with Gasteiger partial charge in [0.15, 0.2) is 16.8 Å². The van der Waals surface area contributed by atoms with Gasteiger partial charge in [0.2, 0.25) is 5.91 Å². The van der Waals surface area contributed by atoms with Gasteiger partial charge in [0.25, 0.3) is 0 Å². The molecule has 0 unspecified atom stereocenters. The highest BCUT2D eigenvalue weighted by Crippen LogP contribution is 2.29. The van der Waals surface area contributed by atoms with Crippen LogP contribution in [0.4, 0.5) is 5.13 Å². The van der Waals surface area contributed by atoms with Gasteiger partial charge < -0.3 is 9.73 Å². The van der Waals surface area contributed by atoms with E-state index in [4.69, 9.17) is 16.0 Å². The second kappa shape index (κ2) is 8.04. The summed E-state index contributed by atoms with van der Waals surface area (Å²) in [5, 5.41) is 7.95. The van der Waals surface area contributed by atoms with Crippen molar-refractivity contribution in [2.24, 2.45) is 0 Å². The SMILES string of the molecule is O=C(CCc1ncc(-c2ccccc2Cl)o1)Nc1nc(-c2cccs2)cs1. The predicted octanol–water partition coefficient (Wildman–Crippen LogP) is 5.75. The molecule has 4 rings (SSSR count). The van der Waals surface area contributed by atoms with Gasteiger partial charge in [-0.2, -0.15) is 0 Å². The fraction of sp³-hybridized carbons (Fsp3) is 0.105. The minimum atomic E-state index is -0.125. The molecule has 4 aromatic rings. The lowest BCUT2D eigenvalue weighted by atomic mass is 10.2. The summed E-state index contributed by atoms with van der Waals surface area (Å²) in [6.07, 6.45) is 2.29. The average Bonchev–Trinajstić information content (AvgIpc) is 3.41. The molecule has 5 nitrogen and oxygen atoms in total. The number of halogens is 1. The van der Waals surface area contributed by atoms with Gasteiger partial charge in [0.1, 0.15) is 0 Å². The molecule has 136 valence electrons. The Morgan fingerprint density at radius 3 is 2.89 bits per heavy atom. The summed E-state index contributed by atoms with van der Waals surface area (Å²) in [5.41, 5.74) is 1.66. The fourth-order valence-corrected chi connectivity index (χ4v) is 4.20. The molecule has 0 fully saturated rings. The molecule has 0 spiro atoms. The van der Waals surface area contributed by atoms with E-state index in [2.05, 4.69) is 15.3 Å². The van der Waals surface area contributed by atoms with E-state index in [0.29, 0.717) is 28.2 Å². The number of carbonyl (C=O) groups excluding carboxylic acids is 1. The molecule has 0 atom stereocenters. The Kier molecular flexibility index (Phi) is 5.33. The van der Waals surface area contributed by atoms with Crippen LogP contribution in [0.1, 0.15) is 12.3 Å². The average molecular weight is 416 g/mol. The molecule has 3 heterocycles. The Morgan fingerprint density at radius 2 is 2.07 bits per heavy atom. The van der Waals surface area contributed by atoms with Gasteiger partial charge in [-0.1, -0.05) is 29.8 Å². The summed E-state index contributed by atoms with van der Waals surface area (Å²) in [6.45, 7) is 0. The monoisotopic (exact) mass is 415 g/mol. The van der Waals surface area contributed by atoms with Crippen molar-refractivity contribution in [1.82, 2.24) is 9.97 Å². The van der Waals surface area contributed by atoms with Gasteiger partial charge >= 0.3 is 0 Å². The van der Waals surface area contributed by atoms with E-state index in [9.17, 15) is 4.79 Å². The topological polar surface area (TPSA) is 68.0 Å². The third kappa shape index (κ3) is 4.27. The van der Waals surface area contributed by atoms with Crippen molar-refractivity contribution in [3.05, 3.63) is 64.3 Å². The Balaban J connectivity index is 1.34. The van der Waals surface area contributed by atoms with Crippen molar-refractivity contribution in [2.75, 3.05) is 5.32 Å². The number of hydrogen-bond donors (Lipinski definition) is 1. The van der Waals surface area contributed by atoms with E-state index in [0.717, 1.165) is 16.1 Å². The first-order valence-electron chi connectivity index (χ1n) is 8.18. The van der Waals surface area contributed by atoms with Crippen LogP contribution in [-0.4, -0.2) is 15.9 Å². The van der Waals surface area contributed by atoms with E-state index >= 15 is 0 Å². The first-order valence-corrected chi connectivity index (χ1v) is 10.3. The number of thiazole rings is 1. The van der Waals surface area contributed by atoms with Gasteiger partial charge in [0, 0.05) is 23.8 Å². The van der Waals surface area contributed by atoms with Gasteiger partial charge in [0.05, 0.1) is 21.8 Å². The standard InChI is InChI=1S/C19H14ClN3O2S2/c20-13-5-2-1-4-12(13)15-10-21-18(25-15)8-7-17(24)23-19-22-14(11-27-19)16-6-3-9-26-16/h1-6,9-11H,7-8H2,(H,22,23,24). The molecule has 8 heteroatoms. The first-order chi connectivity index (χ1) is 13.2. The van der Waals surface area contributed by atoms with Gasteiger partial charge in [-0.15, -0.1) is 22.7 Å². The predicted molar refractivity (Wildman–Crippen MR) is 109 cm³/mol. The highest BCUT2D eigenvalue weighted by molar-refractivity contribution is 7.16. The number of nitrogens with one attached hydrogen (secondary N) is 1. The van der Waals surface area contributed by atoms with Gasteiger partial charge in [-0.3, -0.25) is 4.79 Å². The second-order valence-corrected chi connectivity index (χ2v) is 7.87. The zero-order valence-electron chi connectivity index (χ0n) is 14.0. The van der Waals surface area contributed by atoms with Crippen LogP contribution in [0, 0.1) is 0 Å². The second-order valence-electron chi connectivity index (χ2n) is 5.66. The molecule has 0 saturated heterocycles. The number of rotatable bonds is 6. The summed E-state index contributed by atoms with van der Waals surface area (Å²) < 4.78 is 5.72. The molecular formula is C19H14ClN3O2S2. The van der Waals surface area contributed by atoms with Gasteiger partial charge in [-0.25, -0.2) is 9.97 Å². The fourth-order valence-electron chi connectivity index (χ4n) is 2.48. The summed E-state index contributed by atoms with van der Waals surface area (Å²) in [6, 6.07) is 11.4. The number of oxazole rings is 1. The highest BCUT2D eigenvalue weighted by atomic mass is 35.5. The Hall–Kier alpha value is -2.48. The van der Waals surface area contributed by atoms with Gasteiger partial charge in [-0.05, 0) is 23.6 Å². The Labute approximate surface area is 168 Å². The number of nitrogens with zero attached hydrogens (tertiary/aromatic N) is 2. The third-order valence-electron chi connectivity index (χ3n) is 3.78. The minimum absolute atomic E-state index is 0.125. The van der Waals surface area contributed by atoms with E-state index in [1.54, 1.807) is 23.6 Å². The number of hydrogen-bond acceptors (Lipinski definition) is 6. The maximum atomic E-state index is 12.2. The number of aryl methyl sites for hydroxylation is 1. The lowest BCUT2D eigenvalue weighted by Crippen LogP contribution is -2.12. The number of amides is 1. The Bertz CT molecular complexity index is 1060. The third-order valence-corrected chi connectivity index (χ3v) is 5.76. The smallest absolute Gasteiger partial charge is 0.226 e. The van der Waals surface area contributed by atoms with E-state index in [-0.39, 0.29) is 12.3 Å². The summed E-state index contributed by atoms with van der Waals surface area (Å²) in [5.74, 6) is 0.967. The number of thiophene rings is 1. The van der Waals surface area contributed by atoms with E-state index in [1.807, 2.05) is 41.1 Å². The summed E-state index contributed by atoms with van der Waals surface area (Å²) >= 11 is 9.20. The van der Waals surface area contributed by atoms with E-state index in [1.165, 1.54) is 11.3 Å². The van der Waals surface area contributed by atoms with Crippen molar-refractivity contribution in [2.45, 2.75) is 12.8 Å². The maximum absolute atomic E-state index is 12.2. The lowest BCUT2D eigenvalue weighted by Gasteiger charge is -2.00. The van der Waals surface area contributed by atoms with Crippen LogP contribution in [0.15, 0.2) is 57.8 Å². The van der Waals surface area contributed by atoms with Crippen molar-refractivity contribution in [3.8, 4) is 21.9 Å². The van der Waals surface area contributed by atoms with Crippen LogP contribution < -0.4 is 5.32 Å². The minimum Gasteiger partial charge on any atom is -0.441 e. The maximum Gasteiger partial charge on any atom is 0.226 e. The van der Waals surface area contributed by atoms with Crippen molar-refractivity contribution in [1.29, 1.82) is 0 Å². The molecule has 0 bridgehead atoms. The lowest BCUT2D eigenvalue weighted by molar-refractivity contribution is -0.116. The Morgan fingerprint density at radius 1 is 1.19 bits per heavy atom. The van der Waals surface area contributed by atoms with Crippen LogP contribution in [0.3, 0.4) is 0 Å². The van der Waals surface area contributed by atoms with Crippen molar-refractivity contribution in [3.63, 3.8) is 0 Å². The molecule has 0 radical (unpaired) electrons. The number of aromatic nitrogens is 2. The molecule has 1 aromatic carbocycles.